The molecule has 4 heteroatoms. The number of ether oxygens (including phenoxy) is 2. The van der Waals surface area contributed by atoms with Crippen LogP contribution >= 0.6 is 11.6 Å². The highest BCUT2D eigenvalue weighted by molar-refractivity contribution is 6.32. The Bertz CT molecular complexity index is 355. The number of aliphatic hydroxyl groups is 1. The Morgan fingerprint density at radius 2 is 2.06 bits per heavy atom. The van der Waals surface area contributed by atoms with E-state index < -0.39 is 6.10 Å². The van der Waals surface area contributed by atoms with E-state index in [-0.39, 0.29) is 5.92 Å². The molecule has 1 aromatic carbocycles. The van der Waals surface area contributed by atoms with Crippen LogP contribution < -0.4 is 4.74 Å². The van der Waals surface area contributed by atoms with E-state index in [1.807, 2.05) is 13.0 Å². The minimum atomic E-state index is -0.534. The van der Waals surface area contributed by atoms with E-state index in [0.29, 0.717) is 17.4 Å². The Labute approximate surface area is 107 Å². The van der Waals surface area contributed by atoms with Crippen LogP contribution in [0.25, 0.3) is 0 Å². The van der Waals surface area contributed by atoms with E-state index in [4.69, 9.17) is 21.1 Å². The first-order valence-electron chi connectivity index (χ1n) is 5.60. The van der Waals surface area contributed by atoms with Gasteiger partial charge in [0.05, 0.1) is 18.2 Å². The number of methoxy groups -OCH3 is 2. The fourth-order valence-corrected chi connectivity index (χ4v) is 1.92. The van der Waals surface area contributed by atoms with Crippen LogP contribution in [-0.4, -0.2) is 25.9 Å². The fourth-order valence-electron chi connectivity index (χ4n) is 1.66. The van der Waals surface area contributed by atoms with Gasteiger partial charge in [-0.3, -0.25) is 0 Å². The molecule has 2 unspecified atom stereocenters. The van der Waals surface area contributed by atoms with Gasteiger partial charge >= 0.3 is 0 Å². The quantitative estimate of drug-likeness (QED) is 0.852. The summed E-state index contributed by atoms with van der Waals surface area (Å²) in [4.78, 5) is 0. The average Bonchev–Trinajstić information content (AvgIpc) is 2.34. The number of hydrogen-bond donors (Lipinski definition) is 1. The summed E-state index contributed by atoms with van der Waals surface area (Å²) in [6.07, 6.45) is 0.273. The van der Waals surface area contributed by atoms with Crippen LogP contribution in [0.2, 0.25) is 5.02 Å². The van der Waals surface area contributed by atoms with Crippen molar-refractivity contribution in [3.8, 4) is 5.75 Å². The van der Waals surface area contributed by atoms with Crippen molar-refractivity contribution in [2.24, 2.45) is 5.92 Å². The average molecular weight is 259 g/mol. The number of hydrogen-bond acceptors (Lipinski definition) is 3. The minimum Gasteiger partial charge on any atom is -0.495 e. The van der Waals surface area contributed by atoms with Crippen LogP contribution in [0, 0.1) is 5.92 Å². The van der Waals surface area contributed by atoms with Gasteiger partial charge in [0.2, 0.25) is 0 Å². The highest BCUT2D eigenvalue weighted by Gasteiger charge is 2.17. The van der Waals surface area contributed by atoms with E-state index in [0.717, 1.165) is 12.0 Å². The third-order valence-electron chi connectivity index (χ3n) is 2.83. The summed E-state index contributed by atoms with van der Waals surface area (Å²) in [6.45, 7) is 2.63. The molecule has 0 radical (unpaired) electrons. The van der Waals surface area contributed by atoms with Crippen molar-refractivity contribution < 1.29 is 14.6 Å². The zero-order valence-electron chi connectivity index (χ0n) is 10.4. The molecule has 0 aromatic heterocycles. The van der Waals surface area contributed by atoms with E-state index in [1.165, 1.54) is 0 Å². The molecule has 2 atom stereocenters. The maximum Gasteiger partial charge on any atom is 0.137 e. The molecule has 0 aliphatic carbocycles. The van der Waals surface area contributed by atoms with E-state index >= 15 is 0 Å². The SMILES string of the molecule is COCCC(C)C(O)c1ccc(OC)c(Cl)c1. The molecule has 0 spiro atoms. The number of benzene rings is 1. The summed E-state index contributed by atoms with van der Waals surface area (Å²) in [6, 6.07) is 5.34. The van der Waals surface area contributed by atoms with Gasteiger partial charge in [-0.25, -0.2) is 0 Å². The summed E-state index contributed by atoms with van der Waals surface area (Å²) in [7, 11) is 3.22. The highest BCUT2D eigenvalue weighted by atomic mass is 35.5. The molecule has 1 rings (SSSR count). The molecular formula is C13H19ClO3. The third kappa shape index (κ3) is 3.87. The standard InChI is InChI=1S/C13H19ClO3/c1-9(6-7-16-2)13(15)10-4-5-12(17-3)11(14)8-10/h4-5,8-9,13,15H,6-7H2,1-3H3. The summed E-state index contributed by atoms with van der Waals surface area (Å²) in [5, 5.41) is 10.7. The summed E-state index contributed by atoms with van der Waals surface area (Å²) >= 11 is 6.02. The van der Waals surface area contributed by atoms with Crippen molar-refractivity contribution in [2.75, 3.05) is 20.8 Å². The lowest BCUT2D eigenvalue weighted by Crippen LogP contribution is -2.11. The van der Waals surface area contributed by atoms with Crippen molar-refractivity contribution in [1.29, 1.82) is 0 Å². The summed E-state index contributed by atoms with van der Waals surface area (Å²) in [5.74, 6) is 0.742. The Morgan fingerprint density at radius 3 is 2.59 bits per heavy atom. The predicted molar refractivity (Wildman–Crippen MR) is 68.6 cm³/mol. The van der Waals surface area contributed by atoms with E-state index in [9.17, 15) is 5.11 Å². The number of halogens is 1. The lowest BCUT2D eigenvalue weighted by Gasteiger charge is -2.19. The molecule has 96 valence electrons. The Hall–Kier alpha value is -0.770. The molecule has 0 bridgehead atoms. The lowest BCUT2D eigenvalue weighted by atomic mass is 9.95. The zero-order valence-corrected chi connectivity index (χ0v) is 11.2. The molecule has 17 heavy (non-hydrogen) atoms. The van der Waals surface area contributed by atoms with Gasteiger partial charge in [0.15, 0.2) is 0 Å². The van der Waals surface area contributed by atoms with Crippen LogP contribution in [-0.2, 0) is 4.74 Å². The number of aliphatic hydroxyl groups excluding tert-OH is 1. The number of rotatable bonds is 6. The topological polar surface area (TPSA) is 38.7 Å². The monoisotopic (exact) mass is 258 g/mol. The maximum absolute atomic E-state index is 10.1. The normalized spacial score (nSPS) is 14.4. The molecule has 1 N–H and O–H groups in total. The molecule has 0 aliphatic rings. The molecule has 1 aromatic rings. The van der Waals surface area contributed by atoms with Crippen LogP contribution in [0.1, 0.15) is 25.0 Å². The van der Waals surface area contributed by atoms with Gasteiger partial charge in [0.1, 0.15) is 5.75 Å². The Kier molecular flexibility index (Phi) is 5.75. The first-order chi connectivity index (χ1) is 8.10. The molecular weight excluding hydrogens is 240 g/mol. The van der Waals surface area contributed by atoms with Crippen molar-refractivity contribution >= 4 is 11.6 Å². The van der Waals surface area contributed by atoms with Crippen molar-refractivity contribution in [3.05, 3.63) is 28.8 Å². The van der Waals surface area contributed by atoms with Gasteiger partial charge in [-0.05, 0) is 30.0 Å². The smallest absolute Gasteiger partial charge is 0.137 e. The van der Waals surface area contributed by atoms with Crippen molar-refractivity contribution in [1.82, 2.24) is 0 Å². The first-order valence-corrected chi connectivity index (χ1v) is 5.98. The Morgan fingerprint density at radius 1 is 1.35 bits per heavy atom. The second kappa shape index (κ2) is 6.84. The minimum absolute atomic E-state index is 0.124. The molecule has 0 saturated carbocycles. The van der Waals surface area contributed by atoms with Crippen LogP contribution in [0.3, 0.4) is 0 Å². The molecule has 0 saturated heterocycles. The molecule has 3 nitrogen and oxygen atoms in total. The van der Waals surface area contributed by atoms with Gasteiger partial charge in [-0.2, -0.15) is 0 Å². The van der Waals surface area contributed by atoms with Gasteiger partial charge < -0.3 is 14.6 Å². The van der Waals surface area contributed by atoms with Crippen molar-refractivity contribution in [2.45, 2.75) is 19.4 Å². The predicted octanol–water partition coefficient (Wildman–Crippen LogP) is 3.05. The van der Waals surface area contributed by atoms with Crippen LogP contribution in [0.5, 0.6) is 5.75 Å². The fraction of sp³-hybridized carbons (Fsp3) is 0.538. The molecule has 0 amide bonds. The van der Waals surface area contributed by atoms with Gasteiger partial charge in [-0.1, -0.05) is 24.6 Å². The maximum atomic E-state index is 10.1. The third-order valence-corrected chi connectivity index (χ3v) is 3.13. The molecule has 0 fully saturated rings. The second-order valence-electron chi connectivity index (χ2n) is 4.10. The van der Waals surface area contributed by atoms with Gasteiger partial charge in [0.25, 0.3) is 0 Å². The second-order valence-corrected chi connectivity index (χ2v) is 4.50. The highest BCUT2D eigenvalue weighted by Crippen LogP contribution is 2.31. The summed E-state index contributed by atoms with van der Waals surface area (Å²) < 4.78 is 10.1. The summed E-state index contributed by atoms with van der Waals surface area (Å²) in [5.41, 5.74) is 0.805. The first kappa shape index (κ1) is 14.3. The van der Waals surface area contributed by atoms with Gasteiger partial charge in [-0.15, -0.1) is 0 Å². The molecule has 0 heterocycles. The largest absolute Gasteiger partial charge is 0.495 e. The Balaban J connectivity index is 2.74. The van der Waals surface area contributed by atoms with Crippen LogP contribution in [0.15, 0.2) is 18.2 Å². The van der Waals surface area contributed by atoms with E-state index in [1.54, 1.807) is 26.4 Å². The van der Waals surface area contributed by atoms with Gasteiger partial charge in [0, 0.05) is 13.7 Å². The lowest BCUT2D eigenvalue weighted by molar-refractivity contribution is 0.0886. The van der Waals surface area contributed by atoms with E-state index in [2.05, 4.69) is 0 Å². The zero-order chi connectivity index (χ0) is 12.8. The van der Waals surface area contributed by atoms with Crippen molar-refractivity contribution in [3.63, 3.8) is 0 Å². The molecule has 0 aliphatic heterocycles. The van der Waals surface area contributed by atoms with Crippen LogP contribution in [0.4, 0.5) is 0 Å².